The normalized spacial score (nSPS) is 12.8. The molecule has 0 fully saturated rings. The fourth-order valence-electron chi connectivity index (χ4n) is 3.42. The van der Waals surface area contributed by atoms with E-state index in [2.05, 4.69) is 15.3 Å². The van der Waals surface area contributed by atoms with Gasteiger partial charge in [-0.15, -0.1) is 0 Å². The highest BCUT2D eigenvalue weighted by Crippen LogP contribution is 2.22. The predicted molar refractivity (Wildman–Crippen MR) is 139 cm³/mol. The van der Waals surface area contributed by atoms with Crippen LogP contribution in [-0.4, -0.2) is 33.2 Å². The maximum atomic E-state index is 12.9. The van der Waals surface area contributed by atoms with E-state index in [0.29, 0.717) is 23.5 Å². The van der Waals surface area contributed by atoms with Gasteiger partial charge in [0.2, 0.25) is 0 Å². The average molecular weight is 503 g/mol. The highest BCUT2D eigenvalue weighted by atomic mass is 35.5. The molecule has 1 heterocycles. The number of esters is 1. The molecule has 1 amide bonds. The molecule has 1 aromatic heterocycles. The first kappa shape index (κ1) is 20.9. The Balaban J connectivity index is 1.61. The van der Waals surface area contributed by atoms with Crippen molar-refractivity contribution >= 4 is 51.1 Å². The van der Waals surface area contributed by atoms with Crippen LogP contribution in [0.2, 0.25) is 0 Å². The van der Waals surface area contributed by atoms with Crippen LogP contribution in [0.15, 0.2) is 71.7 Å². The van der Waals surface area contributed by atoms with Gasteiger partial charge in [0.15, 0.2) is 11.0 Å². The maximum absolute atomic E-state index is 12.9. The van der Waals surface area contributed by atoms with Crippen molar-refractivity contribution < 1.29 is 18.4 Å². The van der Waals surface area contributed by atoms with E-state index in [1.807, 2.05) is 6.07 Å². The summed E-state index contributed by atoms with van der Waals surface area (Å²) < 4.78 is 29.9. The van der Waals surface area contributed by atoms with E-state index in [1.165, 1.54) is 18.2 Å². The van der Waals surface area contributed by atoms with Crippen molar-refractivity contribution in [2.24, 2.45) is 12.0 Å². The van der Waals surface area contributed by atoms with Crippen LogP contribution >= 0.6 is 11.6 Å². The summed E-state index contributed by atoms with van der Waals surface area (Å²) in [4.78, 5) is 33.2. The Kier molecular flexibility index (Phi) is 6.28. The van der Waals surface area contributed by atoms with Gasteiger partial charge in [0.25, 0.3) is 5.91 Å². The summed E-state index contributed by atoms with van der Waals surface area (Å²) in [5.41, 5.74) is 2.86. The summed E-state index contributed by atoms with van der Waals surface area (Å²) in [6, 6.07) is 19.5. The second-order valence-corrected chi connectivity index (χ2v) is 8.03. The third-order valence-corrected chi connectivity index (χ3v) is 5.44. The molecule has 0 atom stereocenters. The van der Waals surface area contributed by atoms with Gasteiger partial charge in [-0.25, -0.2) is 9.98 Å². The number of nitrogens with one attached hydrogen (secondary N) is 1. The smallest absolute Gasteiger partial charge is 0.310 e. The third-order valence-electron chi connectivity index (χ3n) is 5.19. The molecule has 4 rings (SSSR count). The molecular weight excluding hydrogens is 478 g/mol. The molecule has 0 spiro atoms. The fourth-order valence-corrected chi connectivity index (χ4v) is 3.65. The SMILES string of the molecule is [2H]C([2H])([2H])n1c(C(Cl)=Nc2ccc(C#N)cc2)nc2cc(C(=O)Nc3ccc(CC(=O)OCC)cc3)ccc21. The number of fused-ring (bicyclic) bond motifs is 1. The van der Waals surface area contributed by atoms with Crippen molar-refractivity contribution in [3.63, 3.8) is 0 Å². The molecule has 3 aromatic carbocycles. The molecule has 0 bridgehead atoms. The van der Waals surface area contributed by atoms with E-state index in [4.69, 9.17) is 25.7 Å². The number of hydrogen-bond donors (Lipinski definition) is 1. The Bertz CT molecular complexity index is 1610. The van der Waals surface area contributed by atoms with Crippen LogP contribution in [0.5, 0.6) is 0 Å². The number of amides is 1. The molecule has 0 aliphatic heterocycles. The first-order valence-corrected chi connectivity index (χ1v) is 11.3. The van der Waals surface area contributed by atoms with E-state index >= 15 is 0 Å². The number of nitrogens with zero attached hydrogens (tertiary/aromatic N) is 4. The lowest BCUT2D eigenvalue weighted by atomic mass is 10.1. The van der Waals surface area contributed by atoms with Crippen LogP contribution in [0, 0.1) is 11.3 Å². The number of aryl methyl sites for hydroxylation is 1. The maximum Gasteiger partial charge on any atom is 0.310 e. The van der Waals surface area contributed by atoms with Crippen LogP contribution in [0.25, 0.3) is 11.0 Å². The highest BCUT2D eigenvalue weighted by molar-refractivity contribution is 6.69. The lowest BCUT2D eigenvalue weighted by Gasteiger charge is -2.07. The van der Waals surface area contributed by atoms with Gasteiger partial charge in [0.05, 0.1) is 41.4 Å². The van der Waals surface area contributed by atoms with Gasteiger partial charge in [-0.05, 0) is 67.1 Å². The summed E-state index contributed by atoms with van der Waals surface area (Å²) in [6.45, 7) is -0.582. The number of aromatic nitrogens is 2. The van der Waals surface area contributed by atoms with Gasteiger partial charge < -0.3 is 14.6 Å². The predicted octanol–water partition coefficient (Wildman–Crippen LogP) is 5.12. The number of rotatable bonds is 7. The average Bonchev–Trinajstić information content (AvgIpc) is 3.30. The number of benzene rings is 3. The number of anilines is 1. The first-order valence-electron chi connectivity index (χ1n) is 12.4. The summed E-state index contributed by atoms with van der Waals surface area (Å²) in [6.07, 6.45) is 0.129. The standard InChI is InChI=1S/C27H22ClN5O3/c1-3-36-24(34)14-17-4-9-21(10-5-17)31-27(35)19-8-13-23-22(15-19)32-26(33(23)2)25(28)30-20-11-6-18(16-29)7-12-20/h4-13,15H,3,14H2,1-2H3,(H,31,35)/i2D3. The number of hydrogen-bond acceptors (Lipinski definition) is 6. The van der Waals surface area contributed by atoms with Crippen LogP contribution < -0.4 is 5.32 Å². The molecule has 0 aliphatic carbocycles. The van der Waals surface area contributed by atoms with Crippen LogP contribution in [0.4, 0.5) is 11.4 Å². The number of nitriles is 1. The molecule has 1 N–H and O–H groups in total. The Labute approximate surface area is 217 Å². The summed E-state index contributed by atoms with van der Waals surface area (Å²) in [5, 5.41) is 11.6. The minimum atomic E-state index is -2.63. The zero-order valence-corrected chi connectivity index (χ0v) is 19.9. The lowest BCUT2D eigenvalue weighted by Crippen LogP contribution is -2.12. The van der Waals surface area contributed by atoms with E-state index in [0.717, 1.165) is 10.1 Å². The number of imidazole rings is 1. The summed E-state index contributed by atoms with van der Waals surface area (Å²) >= 11 is 6.41. The molecule has 0 saturated heterocycles. The van der Waals surface area contributed by atoms with E-state index in [1.54, 1.807) is 55.5 Å². The van der Waals surface area contributed by atoms with Crippen molar-refractivity contribution in [1.29, 1.82) is 5.26 Å². The Hall–Kier alpha value is -4.48. The summed E-state index contributed by atoms with van der Waals surface area (Å²) in [7, 11) is 0. The van der Waals surface area contributed by atoms with Crippen molar-refractivity contribution in [2.45, 2.75) is 13.3 Å². The van der Waals surface area contributed by atoms with E-state index in [9.17, 15) is 9.59 Å². The third kappa shape index (κ3) is 5.59. The van der Waals surface area contributed by atoms with Crippen molar-refractivity contribution in [2.75, 3.05) is 11.9 Å². The second kappa shape index (κ2) is 10.8. The van der Waals surface area contributed by atoms with Crippen molar-refractivity contribution in [1.82, 2.24) is 9.55 Å². The quantitative estimate of drug-likeness (QED) is 0.278. The molecule has 4 aromatic rings. The van der Waals surface area contributed by atoms with Crippen molar-refractivity contribution in [3.8, 4) is 6.07 Å². The van der Waals surface area contributed by atoms with Gasteiger partial charge in [-0.2, -0.15) is 5.26 Å². The molecule has 0 aliphatic rings. The second-order valence-electron chi connectivity index (χ2n) is 7.67. The van der Waals surface area contributed by atoms with Crippen LogP contribution in [0.1, 0.15) is 38.3 Å². The molecular formula is C27H22ClN5O3. The number of aliphatic imine (C=N–C) groups is 1. The number of carbonyl (C=O) groups excluding carboxylic acids is 2. The zero-order valence-electron chi connectivity index (χ0n) is 22.2. The lowest BCUT2D eigenvalue weighted by molar-refractivity contribution is -0.142. The van der Waals surface area contributed by atoms with Gasteiger partial charge in [0, 0.05) is 22.3 Å². The Morgan fingerprint density at radius 2 is 1.92 bits per heavy atom. The monoisotopic (exact) mass is 502 g/mol. The van der Waals surface area contributed by atoms with Gasteiger partial charge in [0.1, 0.15) is 0 Å². The Morgan fingerprint density at radius 3 is 2.58 bits per heavy atom. The molecule has 0 unspecified atom stereocenters. The van der Waals surface area contributed by atoms with Crippen molar-refractivity contribution in [3.05, 3.63) is 89.2 Å². The largest absolute Gasteiger partial charge is 0.466 e. The van der Waals surface area contributed by atoms with Gasteiger partial charge in [-0.3, -0.25) is 9.59 Å². The molecule has 0 radical (unpaired) electrons. The molecule has 8 nitrogen and oxygen atoms in total. The molecule has 9 heteroatoms. The Morgan fingerprint density at radius 1 is 1.17 bits per heavy atom. The van der Waals surface area contributed by atoms with Gasteiger partial charge >= 0.3 is 5.97 Å². The van der Waals surface area contributed by atoms with Gasteiger partial charge in [-0.1, -0.05) is 23.7 Å². The van der Waals surface area contributed by atoms with Crippen LogP contribution in [0.3, 0.4) is 0 Å². The topological polar surface area (TPSA) is 109 Å². The first-order chi connectivity index (χ1) is 18.6. The molecule has 36 heavy (non-hydrogen) atoms. The zero-order chi connectivity index (χ0) is 28.2. The highest BCUT2D eigenvalue weighted by Gasteiger charge is 2.15. The minimum Gasteiger partial charge on any atom is -0.466 e. The minimum absolute atomic E-state index is 0.0919. The number of carbonyl (C=O) groups is 2. The van der Waals surface area contributed by atoms with E-state index < -0.39 is 12.9 Å². The number of ether oxygens (including phenoxy) is 1. The molecule has 0 saturated carbocycles. The summed E-state index contributed by atoms with van der Waals surface area (Å²) in [5.74, 6) is -0.858. The fraction of sp³-hybridized carbons (Fsp3) is 0.148. The number of halogens is 1. The molecule has 180 valence electrons. The van der Waals surface area contributed by atoms with E-state index in [-0.39, 0.29) is 40.0 Å². The van der Waals surface area contributed by atoms with Crippen LogP contribution in [-0.2, 0) is 22.9 Å².